The zero-order chi connectivity index (χ0) is 16.9. The molecule has 126 valence electrons. The van der Waals surface area contributed by atoms with Crippen LogP contribution in [0.5, 0.6) is 0 Å². The van der Waals surface area contributed by atoms with Crippen molar-refractivity contribution in [1.29, 1.82) is 0 Å². The number of aromatic amines is 1. The van der Waals surface area contributed by atoms with Gasteiger partial charge in [-0.3, -0.25) is 14.2 Å². The lowest BCUT2D eigenvalue weighted by Gasteiger charge is -2.06. The van der Waals surface area contributed by atoms with E-state index in [0.717, 1.165) is 30.2 Å². The van der Waals surface area contributed by atoms with Gasteiger partial charge in [0.15, 0.2) is 0 Å². The normalized spacial score (nSPS) is 11.2. The van der Waals surface area contributed by atoms with Crippen molar-refractivity contribution < 1.29 is 4.79 Å². The minimum absolute atomic E-state index is 0.0326. The molecule has 0 aliphatic carbocycles. The molecule has 6 heteroatoms. The van der Waals surface area contributed by atoms with Crippen LogP contribution in [0.3, 0.4) is 0 Å². The first kappa shape index (κ1) is 16.2. The van der Waals surface area contributed by atoms with Crippen molar-refractivity contribution in [3.63, 3.8) is 0 Å². The topological polar surface area (TPSA) is 79.8 Å². The molecule has 0 radical (unpaired) electrons. The Morgan fingerprint density at radius 1 is 1.29 bits per heavy atom. The van der Waals surface area contributed by atoms with Gasteiger partial charge < -0.3 is 10.3 Å². The average Bonchev–Trinajstić information content (AvgIpc) is 2.98. The van der Waals surface area contributed by atoms with Crippen molar-refractivity contribution in [1.82, 2.24) is 19.9 Å². The molecule has 0 aliphatic heterocycles. The highest BCUT2D eigenvalue weighted by molar-refractivity contribution is 6.04. The quantitative estimate of drug-likeness (QED) is 0.655. The molecule has 3 rings (SSSR count). The van der Waals surface area contributed by atoms with Gasteiger partial charge >= 0.3 is 0 Å². The van der Waals surface area contributed by atoms with E-state index in [9.17, 15) is 9.59 Å². The molecule has 2 N–H and O–H groups in total. The van der Waals surface area contributed by atoms with E-state index in [4.69, 9.17) is 0 Å². The number of unbranched alkanes of at least 4 members (excludes halogenated alkanes) is 2. The first-order valence-electron chi connectivity index (χ1n) is 8.43. The third-order valence-electron chi connectivity index (χ3n) is 4.16. The van der Waals surface area contributed by atoms with Crippen LogP contribution >= 0.6 is 0 Å². The first-order valence-corrected chi connectivity index (χ1v) is 8.43. The molecule has 0 aliphatic rings. The lowest BCUT2D eigenvalue weighted by molar-refractivity contribution is -0.121. The summed E-state index contributed by atoms with van der Waals surface area (Å²) in [5, 5.41) is 3.82. The van der Waals surface area contributed by atoms with E-state index in [1.807, 2.05) is 24.3 Å². The molecular formula is C18H22N4O2. The zero-order valence-corrected chi connectivity index (χ0v) is 13.8. The first-order chi connectivity index (χ1) is 11.7. The van der Waals surface area contributed by atoms with E-state index < -0.39 is 0 Å². The third-order valence-corrected chi connectivity index (χ3v) is 4.16. The number of hydrogen-bond donors (Lipinski definition) is 2. The summed E-state index contributed by atoms with van der Waals surface area (Å²) in [5.74, 6) is -0.0326. The fourth-order valence-electron chi connectivity index (χ4n) is 2.81. The van der Waals surface area contributed by atoms with E-state index in [-0.39, 0.29) is 17.9 Å². The highest BCUT2D eigenvalue weighted by atomic mass is 16.1. The van der Waals surface area contributed by atoms with E-state index in [0.29, 0.717) is 24.1 Å². The fraction of sp³-hybridized carbons (Fsp3) is 0.389. The van der Waals surface area contributed by atoms with Gasteiger partial charge in [-0.15, -0.1) is 0 Å². The summed E-state index contributed by atoms with van der Waals surface area (Å²) in [6.07, 6.45) is 5.03. The van der Waals surface area contributed by atoms with E-state index in [1.54, 1.807) is 0 Å². The second-order valence-electron chi connectivity index (χ2n) is 5.94. The molecule has 1 amide bonds. The lowest BCUT2D eigenvalue weighted by atomic mass is 10.2. The van der Waals surface area contributed by atoms with Crippen LogP contribution in [0.25, 0.3) is 21.9 Å². The Hall–Kier alpha value is -2.63. The van der Waals surface area contributed by atoms with E-state index >= 15 is 0 Å². The van der Waals surface area contributed by atoms with Crippen molar-refractivity contribution in [2.24, 2.45) is 0 Å². The molecule has 2 aromatic heterocycles. The summed E-state index contributed by atoms with van der Waals surface area (Å²) in [5.41, 5.74) is 1.91. The summed E-state index contributed by atoms with van der Waals surface area (Å²) in [7, 11) is 0. The molecule has 1 aromatic carbocycles. The number of rotatable bonds is 7. The number of amides is 1. The molecule has 3 aromatic rings. The van der Waals surface area contributed by atoms with E-state index in [2.05, 4.69) is 22.2 Å². The van der Waals surface area contributed by atoms with Crippen LogP contribution in [0.15, 0.2) is 35.4 Å². The number of aromatic nitrogens is 3. The summed E-state index contributed by atoms with van der Waals surface area (Å²) in [4.78, 5) is 31.9. The maximum Gasteiger partial charge on any atom is 0.277 e. The number of carbonyl (C=O) groups is 1. The second-order valence-corrected chi connectivity index (χ2v) is 5.94. The van der Waals surface area contributed by atoms with Crippen LogP contribution in [-0.2, 0) is 11.3 Å². The number of para-hydroxylation sites is 1. The second kappa shape index (κ2) is 7.29. The van der Waals surface area contributed by atoms with Gasteiger partial charge in [0.05, 0.1) is 6.33 Å². The Balaban J connectivity index is 1.71. The number of hydrogen-bond acceptors (Lipinski definition) is 3. The summed E-state index contributed by atoms with van der Waals surface area (Å²) in [6.45, 7) is 3.15. The molecule has 6 nitrogen and oxygen atoms in total. The predicted octanol–water partition coefficient (Wildman–Crippen LogP) is 2.57. The number of benzene rings is 1. The van der Waals surface area contributed by atoms with Crippen LogP contribution in [0, 0.1) is 0 Å². The van der Waals surface area contributed by atoms with Crippen molar-refractivity contribution >= 4 is 27.8 Å². The zero-order valence-electron chi connectivity index (χ0n) is 13.8. The lowest BCUT2D eigenvalue weighted by Crippen LogP contribution is -2.28. The van der Waals surface area contributed by atoms with Crippen LogP contribution < -0.4 is 10.9 Å². The Bertz CT molecular complexity index is 910. The number of nitrogens with zero attached hydrogens (tertiary/aromatic N) is 2. The molecule has 0 unspecified atom stereocenters. The summed E-state index contributed by atoms with van der Waals surface area (Å²) >= 11 is 0. The monoisotopic (exact) mass is 326 g/mol. The number of aryl methyl sites for hydroxylation is 1. The number of H-pyrrole nitrogens is 1. The maximum atomic E-state index is 12.6. The van der Waals surface area contributed by atoms with Crippen LogP contribution in [0.1, 0.15) is 32.6 Å². The molecule has 0 fully saturated rings. The SMILES string of the molecule is CCCCCNC(=O)CCn1cnc2c([nH]c3ccccc32)c1=O. The summed E-state index contributed by atoms with van der Waals surface area (Å²) < 4.78 is 1.49. The fourth-order valence-corrected chi connectivity index (χ4v) is 2.81. The van der Waals surface area contributed by atoms with Gasteiger partial charge in [-0.2, -0.15) is 0 Å². The highest BCUT2D eigenvalue weighted by Crippen LogP contribution is 2.20. The van der Waals surface area contributed by atoms with Gasteiger partial charge in [-0.05, 0) is 12.5 Å². The molecule has 0 atom stereocenters. The molecule has 0 bridgehead atoms. The largest absolute Gasteiger partial charge is 0.356 e. The molecular weight excluding hydrogens is 304 g/mol. The number of carbonyl (C=O) groups excluding carboxylic acids is 1. The minimum atomic E-state index is -0.144. The maximum absolute atomic E-state index is 12.6. The highest BCUT2D eigenvalue weighted by Gasteiger charge is 2.11. The molecule has 2 heterocycles. The van der Waals surface area contributed by atoms with Crippen molar-refractivity contribution in [3.8, 4) is 0 Å². The summed E-state index contributed by atoms with van der Waals surface area (Å²) in [6, 6.07) is 7.70. The van der Waals surface area contributed by atoms with Crippen LogP contribution in [0.2, 0.25) is 0 Å². The standard InChI is InChI=1S/C18H22N4O2/c1-2-3-6-10-19-15(23)9-11-22-12-20-16-13-7-4-5-8-14(13)21-17(16)18(22)24/h4-5,7-8,12,21H,2-3,6,9-11H2,1H3,(H,19,23). The van der Waals surface area contributed by atoms with Crippen molar-refractivity contribution in [3.05, 3.63) is 40.9 Å². The van der Waals surface area contributed by atoms with Gasteiger partial charge in [-0.25, -0.2) is 4.98 Å². The number of nitrogens with one attached hydrogen (secondary N) is 2. The Morgan fingerprint density at radius 3 is 2.96 bits per heavy atom. The van der Waals surface area contributed by atoms with Crippen molar-refractivity contribution in [2.75, 3.05) is 6.54 Å². The molecule has 0 saturated carbocycles. The molecule has 0 spiro atoms. The van der Waals surface area contributed by atoms with Crippen LogP contribution in [0.4, 0.5) is 0 Å². The Morgan fingerprint density at radius 2 is 2.12 bits per heavy atom. The molecule has 24 heavy (non-hydrogen) atoms. The van der Waals surface area contributed by atoms with Gasteiger partial charge in [0, 0.05) is 30.4 Å². The predicted molar refractivity (Wildman–Crippen MR) is 95.0 cm³/mol. The van der Waals surface area contributed by atoms with Crippen LogP contribution in [-0.4, -0.2) is 27.0 Å². The van der Waals surface area contributed by atoms with Gasteiger partial charge in [0.25, 0.3) is 5.56 Å². The average molecular weight is 326 g/mol. The minimum Gasteiger partial charge on any atom is -0.356 e. The Kier molecular flexibility index (Phi) is 4.93. The smallest absolute Gasteiger partial charge is 0.277 e. The van der Waals surface area contributed by atoms with E-state index in [1.165, 1.54) is 10.9 Å². The van der Waals surface area contributed by atoms with Crippen molar-refractivity contribution in [2.45, 2.75) is 39.2 Å². The molecule has 0 saturated heterocycles. The van der Waals surface area contributed by atoms with Gasteiger partial charge in [-0.1, -0.05) is 38.0 Å². The number of fused-ring (bicyclic) bond motifs is 3. The Labute approximate surface area is 139 Å². The van der Waals surface area contributed by atoms with Gasteiger partial charge in [0.1, 0.15) is 11.0 Å². The third kappa shape index (κ3) is 3.32. The van der Waals surface area contributed by atoms with Gasteiger partial charge in [0.2, 0.25) is 5.91 Å².